The number of nitrogens with zero attached hydrogens (tertiary/aromatic N) is 1. The average Bonchev–Trinajstić information content (AvgIpc) is 2.67. The van der Waals surface area contributed by atoms with Gasteiger partial charge in [-0.25, -0.2) is 0 Å². The van der Waals surface area contributed by atoms with E-state index < -0.39 is 0 Å². The Morgan fingerprint density at radius 2 is 1.36 bits per heavy atom. The molecule has 0 aromatic heterocycles. The molecule has 3 nitrogen and oxygen atoms in total. The number of ketones is 1. The van der Waals surface area contributed by atoms with E-state index in [1.807, 2.05) is 12.1 Å². The predicted molar refractivity (Wildman–Crippen MR) is 101 cm³/mol. The molecule has 0 saturated heterocycles. The highest BCUT2D eigenvalue weighted by molar-refractivity contribution is 6.31. The summed E-state index contributed by atoms with van der Waals surface area (Å²) in [5.41, 5.74) is 2.02. The molecule has 0 aliphatic carbocycles. The lowest BCUT2D eigenvalue weighted by Gasteiger charge is -2.20. The first kappa shape index (κ1) is 16.9. The molecule has 3 aromatic carbocycles. The third-order valence-corrected chi connectivity index (χ3v) is 4.16. The van der Waals surface area contributed by atoms with Crippen molar-refractivity contribution in [3.8, 4) is 0 Å². The highest BCUT2D eigenvalue weighted by atomic mass is 35.5. The van der Waals surface area contributed by atoms with Crippen LogP contribution in [0.25, 0.3) is 0 Å². The molecule has 0 spiro atoms. The molecule has 0 bridgehead atoms. The van der Waals surface area contributed by atoms with E-state index in [1.54, 1.807) is 73.8 Å². The standard InChI is InChI=1S/C21H16ClNO2/c1-23(21(25)16-10-6-3-7-11-16)19-13-12-17(22)14-18(19)20(24)15-8-4-2-5-9-15/h2-14H,1H3. The first-order chi connectivity index (χ1) is 12.1. The van der Waals surface area contributed by atoms with Crippen LogP contribution in [0.4, 0.5) is 5.69 Å². The van der Waals surface area contributed by atoms with Gasteiger partial charge in [0.05, 0.1) is 5.69 Å². The van der Waals surface area contributed by atoms with Crippen molar-refractivity contribution in [1.82, 2.24) is 0 Å². The number of anilines is 1. The molecular weight excluding hydrogens is 334 g/mol. The largest absolute Gasteiger partial charge is 0.311 e. The van der Waals surface area contributed by atoms with Crippen LogP contribution in [-0.4, -0.2) is 18.7 Å². The Morgan fingerprint density at radius 3 is 1.96 bits per heavy atom. The van der Waals surface area contributed by atoms with E-state index >= 15 is 0 Å². The van der Waals surface area contributed by atoms with Gasteiger partial charge in [0.2, 0.25) is 0 Å². The topological polar surface area (TPSA) is 37.4 Å². The first-order valence-electron chi connectivity index (χ1n) is 7.80. The van der Waals surface area contributed by atoms with Crippen LogP contribution < -0.4 is 4.90 Å². The number of amides is 1. The minimum atomic E-state index is -0.190. The minimum absolute atomic E-state index is 0.175. The Hall–Kier alpha value is -2.91. The highest BCUT2D eigenvalue weighted by Crippen LogP contribution is 2.27. The summed E-state index contributed by atoms with van der Waals surface area (Å²) in [5.74, 6) is -0.365. The van der Waals surface area contributed by atoms with Crippen LogP contribution in [0.1, 0.15) is 26.3 Å². The van der Waals surface area contributed by atoms with Crippen LogP contribution in [0.3, 0.4) is 0 Å². The van der Waals surface area contributed by atoms with Crippen molar-refractivity contribution >= 4 is 29.0 Å². The van der Waals surface area contributed by atoms with Gasteiger partial charge in [-0.3, -0.25) is 9.59 Å². The maximum Gasteiger partial charge on any atom is 0.258 e. The molecule has 4 heteroatoms. The van der Waals surface area contributed by atoms with Crippen molar-refractivity contribution < 1.29 is 9.59 Å². The van der Waals surface area contributed by atoms with Crippen molar-refractivity contribution in [2.75, 3.05) is 11.9 Å². The van der Waals surface area contributed by atoms with Gasteiger partial charge in [0, 0.05) is 28.8 Å². The van der Waals surface area contributed by atoms with Crippen molar-refractivity contribution in [3.05, 3.63) is 101 Å². The maximum absolute atomic E-state index is 12.9. The van der Waals surface area contributed by atoms with Gasteiger partial charge in [-0.05, 0) is 30.3 Å². The summed E-state index contributed by atoms with van der Waals surface area (Å²) in [5, 5.41) is 0.448. The summed E-state index contributed by atoms with van der Waals surface area (Å²) >= 11 is 6.09. The fraction of sp³-hybridized carbons (Fsp3) is 0.0476. The smallest absolute Gasteiger partial charge is 0.258 e. The van der Waals surface area contributed by atoms with Gasteiger partial charge >= 0.3 is 0 Å². The quantitative estimate of drug-likeness (QED) is 0.631. The number of benzene rings is 3. The van der Waals surface area contributed by atoms with Crippen LogP contribution in [0.15, 0.2) is 78.9 Å². The molecule has 0 aliphatic heterocycles. The number of hydrogen-bond acceptors (Lipinski definition) is 2. The van der Waals surface area contributed by atoms with Crippen LogP contribution in [0.5, 0.6) is 0 Å². The first-order valence-corrected chi connectivity index (χ1v) is 8.18. The summed E-state index contributed by atoms with van der Waals surface area (Å²) in [4.78, 5) is 27.1. The molecule has 0 heterocycles. The molecule has 1 amide bonds. The molecule has 3 aromatic rings. The zero-order valence-corrected chi connectivity index (χ0v) is 14.4. The molecule has 0 aliphatic rings. The summed E-state index contributed by atoms with van der Waals surface area (Å²) in [7, 11) is 1.65. The van der Waals surface area contributed by atoms with Crippen molar-refractivity contribution in [1.29, 1.82) is 0 Å². The fourth-order valence-electron chi connectivity index (χ4n) is 2.61. The normalized spacial score (nSPS) is 10.3. The summed E-state index contributed by atoms with van der Waals surface area (Å²) in [6, 6.07) is 22.8. The van der Waals surface area contributed by atoms with Gasteiger partial charge in [-0.15, -0.1) is 0 Å². The maximum atomic E-state index is 12.9. The summed E-state index contributed by atoms with van der Waals surface area (Å²) < 4.78 is 0. The van der Waals surface area contributed by atoms with Crippen molar-refractivity contribution in [2.45, 2.75) is 0 Å². The van der Waals surface area contributed by atoms with Crippen LogP contribution in [0.2, 0.25) is 5.02 Å². The zero-order valence-electron chi connectivity index (χ0n) is 13.6. The molecule has 3 rings (SSSR count). The predicted octanol–water partition coefficient (Wildman–Crippen LogP) is 4.85. The third-order valence-electron chi connectivity index (χ3n) is 3.93. The molecule has 0 fully saturated rings. The third kappa shape index (κ3) is 3.62. The lowest BCUT2D eigenvalue weighted by molar-refractivity contribution is 0.0993. The second-order valence-corrected chi connectivity index (χ2v) is 6.02. The second-order valence-electron chi connectivity index (χ2n) is 5.59. The molecular formula is C21H16ClNO2. The molecule has 0 radical (unpaired) electrons. The molecule has 0 N–H and O–H groups in total. The monoisotopic (exact) mass is 349 g/mol. The van der Waals surface area contributed by atoms with Gasteiger partial charge in [0.15, 0.2) is 5.78 Å². The summed E-state index contributed by atoms with van der Waals surface area (Å²) in [6.45, 7) is 0. The molecule has 124 valence electrons. The molecule has 0 saturated carbocycles. The lowest BCUT2D eigenvalue weighted by Crippen LogP contribution is -2.28. The Labute approximate surface area is 151 Å². The summed E-state index contributed by atoms with van der Waals surface area (Å²) in [6.07, 6.45) is 0. The van der Waals surface area contributed by atoms with Gasteiger partial charge in [0.1, 0.15) is 0 Å². The van der Waals surface area contributed by atoms with E-state index in [-0.39, 0.29) is 11.7 Å². The zero-order chi connectivity index (χ0) is 17.8. The van der Waals surface area contributed by atoms with Gasteiger partial charge in [0.25, 0.3) is 5.91 Å². The fourth-order valence-corrected chi connectivity index (χ4v) is 2.78. The lowest BCUT2D eigenvalue weighted by atomic mass is 10.0. The van der Waals surface area contributed by atoms with Gasteiger partial charge in [-0.1, -0.05) is 60.1 Å². The Kier molecular flexibility index (Phi) is 4.96. The van der Waals surface area contributed by atoms with Crippen LogP contribution in [-0.2, 0) is 0 Å². The number of carbonyl (C=O) groups excluding carboxylic acids is 2. The number of halogens is 1. The Morgan fingerprint density at radius 1 is 0.800 bits per heavy atom. The number of hydrogen-bond donors (Lipinski definition) is 0. The van der Waals surface area contributed by atoms with E-state index in [4.69, 9.17) is 11.6 Å². The van der Waals surface area contributed by atoms with Gasteiger partial charge in [-0.2, -0.15) is 0 Å². The molecule has 0 atom stereocenters. The molecule has 25 heavy (non-hydrogen) atoms. The van der Waals surface area contributed by atoms with Crippen molar-refractivity contribution in [3.63, 3.8) is 0 Å². The minimum Gasteiger partial charge on any atom is -0.311 e. The Bertz CT molecular complexity index is 908. The van der Waals surface area contributed by atoms with Gasteiger partial charge < -0.3 is 4.90 Å². The second kappa shape index (κ2) is 7.32. The average molecular weight is 350 g/mol. The van der Waals surface area contributed by atoms with E-state index in [0.717, 1.165) is 0 Å². The van der Waals surface area contributed by atoms with Crippen molar-refractivity contribution in [2.24, 2.45) is 0 Å². The Balaban J connectivity index is 2.02. The highest BCUT2D eigenvalue weighted by Gasteiger charge is 2.21. The number of rotatable bonds is 4. The van der Waals surface area contributed by atoms with E-state index in [0.29, 0.717) is 27.4 Å². The van der Waals surface area contributed by atoms with Crippen LogP contribution >= 0.6 is 11.6 Å². The SMILES string of the molecule is CN(C(=O)c1ccccc1)c1ccc(Cl)cc1C(=O)c1ccccc1. The van der Waals surface area contributed by atoms with E-state index in [1.165, 1.54) is 4.90 Å². The van der Waals surface area contributed by atoms with E-state index in [9.17, 15) is 9.59 Å². The number of carbonyl (C=O) groups is 2. The van der Waals surface area contributed by atoms with E-state index in [2.05, 4.69) is 0 Å². The molecule has 0 unspecified atom stereocenters. The van der Waals surface area contributed by atoms with Crippen LogP contribution in [0, 0.1) is 0 Å².